The smallest absolute Gasteiger partial charge is 0.246 e. The Kier molecular flexibility index (Phi) is 4.52. The minimum absolute atomic E-state index is 0.271. The van der Waals surface area contributed by atoms with Crippen LogP contribution in [-0.2, 0) is 23.6 Å². The minimum Gasteiger partial charge on any atom is -0.296 e. The zero-order valence-corrected chi connectivity index (χ0v) is 14.3. The molecule has 0 aliphatic carbocycles. The van der Waals surface area contributed by atoms with E-state index in [0.717, 1.165) is 19.6 Å². The van der Waals surface area contributed by atoms with E-state index in [4.69, 9.17) is 0 Å². The number of benzene rings is 1. The summed E-state index contributed by atoms with van der Waals surface area (Å²) < 4.78 is 28.2. The van der Waals surface area contributed by atoms with Crippen LogP contribution in [-0.4, -0.2) is 53.6 Å². The molecule has 124 valence electrons. The van der Waals surface area contributed by atoms with Crippen molar-refractivity contribution >= 4 is 10.0 Å². The van der Waals surface area contributed by atoms with E-state index in [1.807, 2.05) is 12.1 Å². The van der Waals surface area contributed by atoms with Gasteiger partial charge in [-0.05, 0) is 18.1 Å². The Morgan fingerprint density at radius 2 is 1.83 bits per heavy atom. The average molecular weight is 334 g/mol. The van der Waals surface area contributed by atoms with Gasteiger partial charge < -0.3 is 0 Å². The highest BCUT2D eigenvalue weighted by Gasteiger charge is 2.29. The van der Waals surface area contributed by atoms with Gasteiger partial charge in [-0.25, -0.2) is 8.42 Å². The van der Waals surface area contributed by atoms with E-state index < -0.39 is 10.0 Å². The number of aromatic nitrogens is 2. The van der Waals surface area contributed by atoms with Crippen LogP contribution in [0.1, 0.15) is 11.1 Å². The van der Waals surface area contributed by atoms with Crippen molar-refractivity contribution in [1.29, 1.82) is 0 Å². The summed E-state index contributed by atoms with van der Waals surface area (Å²) in [5.74, 6) is 0. The molecule has 23 heavy (non-hydrogen) atoms. The largest absolute Gasteiger partial charge is 0.296 e. The molecule has 0 N–H and O–H groups in total. The van der Waals surface area contributed by atoms with Gasteiger partial charge in [0.05, 0.1) is 6.20 Å². The molecule has 2 heterocycles. The van der Waals surface area contributed by atoms with Crippen molar-refractivity contribution in [3.8, 4) is 0 Å². The second-order valence-corrected chi connectivity index (χ2v) is 7.89. The molecule has 3 rings (SSSR count). The standard InChI is InChI=1S/C16H22N4O2S/c1-14-5-3-4-6-15(14)12-19-7-9-20(10-8-19)23(21,22)16-11-17-18(2)13-16/h3-6,11,13H,7-10,12H2,1-2H3. The topological polar surface area (TPSA) is 58.4 Å². The molecule has 1 aromatic heterocycles. The first-order valence-corrected chi connectivity index (χ1v) is 9.16. The van der Waals surface area contributed by atoms with Crippen molar-refractivity contribution in [2.45, 2.75) is 18.4 Å². The van der Waals surface area contributed by atoms with E-state index in [1.54, 1.807) is 17.5 Å². The van der Waals surface area contributed by atoms with Crippen LogP contribution in [0.15, 0.2) is 41.6 Å². The SMILES string of the molecule is Cc1ccccc1CN1CCN(S(=O)(=O)c2cnn(C)c2)CC1. The summed E-state index contributed by atoms with van der Waals surface area (Å²) >= 11 is 0. The lowest BCUT2D eigenvalue weighted by Crippen LogP contribution is -2.48. The Balaban J connectivity index is 1.63. The van der Waals surface area contributed by atoms with Crippen LogP contribution in [0.3, 0.4) is 0 Å². The predicted octanol–water partition coefficient (Wildman–Crippen LogP) is 1.24. The Bertz CT molecular complexity index is 777. The molecule has 7 heteroatoms. The van der Waals surface area contributed by atoms with Crippen molar-refractivity contribution in [2.24, 2.45) is 7.05 Å². The highest BCUT2D eigenvalue weighted by molar-refractivity contribution is 7.89. The van der Waals surface area contributed by atoms with Gasteiger partial charge in [-0.1, -0.05) is 24.3 Å². The van der Waals surface area contributed by atoms with Gasteiger partial charge in [0.15, 0.2) is 0 Å². The second-order valence-electron chi connectivity index (χ2n) is 5.96. The molecule has 0 bridgehead atoms. The van der Waals surface area contributed by atoms with Gasteiger partial charge in [-0.3, -0.25) is 9.58 Å². The molecule has 1 aliphatic rings. The summed E-state index contributed by atoms with van der Waals surface area (Å²) in [6.07, 6.45) is 2.96. The summed E-state index contributed by atoms with van der Waals surface area (Å²) in [6.45, 7) is 5.50. The minimum atomic E-state index is -3.42. The molecule has 1 aliphatic heterocycles. The molecular formula is C16H22N4O2S. The molecular weight excluding hydrogens is 312 g/mol. The fourth-order valence-corrected chi connectivity index (χ4v) is 4.25. The van der Waals surface area contributed by atoms with E-state index >= 15 is 0 Å². The van der Waals surface area contributed by atoms with Crippen LogP contribution in [0.2, 0.25) is 0 Å². The molecule has 0 atom stereocenters. The van der Waals surface area contributed by atoms with Gasteiger partial charge in [0.25, 0.3) is 0 Å². The Hall–Kier alpha value is -1.70. The van der Waals surface area contributed by atoms with Gasteiger partial charge >= 0.3 is 0 Å². The maximum atomic E-state index is 12.6. The first-order chi connectivity index (χ1) is 11.0. The number of rotatable bonds is 4. The summed E-state index contributed by atoms with van der Waals surface area (Å²) in [7, 11) is -1.70. The van der Waals surface area contributed by atoms with Gasteiger partial charge in [-0.15, -0.1) is 0 Å². The zero-order chi connectivity index (χ0) is 16.4. The third-order valence-electron chi connectivity index (χ3n) is 4.31. The zero-order valence-electron chi connectivity index (χ0n) is 13.5. The highest BCUT2D eigenvalue weighted by atomic mass is 32.2. The Morgan fingerprint density at radius 3 is 2.43 bits per heavy atom. The summed E-state index contributed by atoms with van der Waals surface area (Å²) in [5.41, 5.74) is 2.58. The van der Waals surface area contributed by atoms with Crippen LogP contribution in [0.4, 0.5) is 0 Å². The number of nitrogens with zero attached hydrogens (tertiary/aromatic N) is 4. The number of sulfonamides is 1. The van der Waals surface area contributed by atoms with Crippen LogP contribution < -0.4 is 0 Å². The average Bonchev–Trinajstić information content (AvgIpc) is 2.98. The lowest BCUT2D eigenvalue weighted by atomic mass is 10.1. The van der Waals surface area contributed by atoms with Crippen molar-refractivity contribution in [2.75, 3.05) is 26.2 Å². The molecule has 1 fully saturated rings. The fourth-order valence-electron chi connectivity index (χ4n) is 2.84. The Morgan fingerprint density at radius 1 is 1.13 bits per heavy atom. The fraction of sp³-hybridized carbons (Fsp3) is 0.438. The van der Waals surface area contributed by atoms with E-state index in [1.165, 1.54) is 22.0 Å². The molecule has 0 unspecified atom stereocenters. The van der Waals surface area contributed by atoms with Gasteiger partial charge in [0.1, 0.15) is 4.90 Å². The van der Waals surface area contributed by atoms with Crippen molar-refractivity contribution in [3.63, 3.8) is 0 Å². The molecule has 6 nitrogen and oxygen atoms in total. The quantitative estimate of drug-likeness (QED) is 0.844. The first kappa shape index (κ1) is 16.2. The lowest BCUT2D eigenvalue weighted by molar-refractivity contribution is 0.181. The molecule has 0 saturated carbocycles. The van der Waals surface area contributed by atoms with E-state index in [-0.39, 0.29) is 4.90 Å². The van der Waals surface area contributed by atoms with Crippen LogP contribution >= 0.6 is 0 Å². The maximum absolute atomic E-state index is 12.6. The number of piperazine rings is 1. The predicted molar refractivity (Wildman–Crippen MR) is 88.4 cm³/mol. The Labute approximate surface area is 137 Å². The third kappa shape index (κ3) is 3.46. The summed E-state index contributed by atoms with van der Waals surface area (Å²) in [6, 6.07) is 8.33. The molecule has 0 spiro atoms. The summed E-state index contributed by atoms with van der Waals surface area (Å²) in [4.78, 5) is 2.57. The van der Waals surface area contributed by atoms with E-state index in [9.17, 15) is 8.42 Å². The third-order valence-corrected chi connectivity index (χ3v) is 6.16. The van der Waals surface area contributed by atoms with E-state index in [2.05, 4.69) is 29.1 Å². The van der Waals surface area contributed by atoms with Gasteiger partial charge in [0.2, 0.25) is 10.0 Å². The van der Waals surface area contributed by atoms with E-state index in [0.29, 0.717) is 13.1 Å². The van der Waals surface area contributed by atoms with Gasteiger partial charge in [0, 0.05) is 46.0 Å². The normalized spacial score (nSPS) is 17.5. The molecule has 1 saturated heterocycles. The first-order valence-electron chi connectivity index (χ1n) is 7.72. The van der Waals surface area contributed by atoms with Crippen LogP contribution in [0, 0.1) is 6.92 Å². The number of aryl methyl sites for hydroxylation is 2. The number of hydrogen-bond donors (Lipinski definition) is 0. The maximum Gasteiger partial charge on any atom is 0.246 e. The number of hydrogen-bond acceptors (Lipinski definition) is 4. The highest BCUT2D eigenvalue weighted by Crippen LogP contribution is 2.18. The van der Waals surface area contributed by atoms with Crippen LogP contribution in [0.25, 0.3) is 0 Å². The molecule has 2 aromatic rings. The van der Waals surface area contributed by atoms with Crippen LogP contribution in [0.5, 0.6) is 0 Å². The van der Waals surface area contributed by atoms with Crippen molar-refractivity contribution in [1.82, 2.24) is 19.0 Å². The van der Waals surface area contributed by atoms with Crippen molar-refractivity contribution in [3.05, 3.63) is 47.8 Å². The monoisotopic (exact) mass is 334 g/mol. The van der Waals surface area contributed by atoms with Gasteiger partial charge in [-0.2, -0.15) is 9.40 Å². The molecule has 1 aromatic carbocycles. The molecule has 0 amide bonds. The molecule has 0 radical (unpaired) electrons. The lowest BCUT2D eigenvalue weighted by Gasteiger charge is -2.34. The summed E-state index contributed by atoms with van der Waals surface area (Å²) in [5, 5.41) is 3.96. The van der Waals surface area contributed by atoms with Crippen molar-refractivity contribution < 1.29 is 8.42 Å². The second kappa shape index (κ2) is 6.43.